The maximum absolute atomic E-state index is 13.2. The van der Waals surface area contributed by atoms with Crippen LogP contribution in [-0.4, -0.2) is 39.6 Å². The molecule has 2 atom stereocenters. The number of ketones is 1. The number of benzene rings is 2. The monoisotopic (exact) mass is 441 g/mol. The molecule has 33 heavy (non-hydrogen) atoms. The van der Waals surface area contributed by atoms with Crippen molar-refractivity contribution in [2.45, 2.75) is 25.1 Å². The Hall–Kier alpha value is -3.97. The zero-order valence-electron chi connectivity index (χ0n) is 18.1. The van der Waals surface area contributed by atoms with Crippen LogP contribution in [0.3, 0.4) is 0 Å². The summed E-state index contributed by atoms with van der Waals surface area (Å²) in [7, 11) is 1.58. The summed E-state index contributed by atoms with van der Waals surface area (Å²) in [4.78, 5) is 30.3. The third-order valence-electron chi connectivity index (χ3n) is 6.12. The smallest absolute Gasteiger partial charge is 0.240 e. The molecule has 2 aromatic heterocycles. The first-order valence-electron chi connectivity index (χ1n) is 10.7. The highest BCUT2D eigenvalue weighted by atomic mass is 16.5. The number of methoxy groups -OCH3 is 1. The molecule has 0 aliphatic heterocycles. The molecule has 166 valence electrons. The van der Waals surface area contributed by atoms with Crippen LogP contribution >= 0.6 is 0 Å². The van der Waals surface area contributed by atoms with Gasteiger partial charge >= 0.3 is 0 Å². The van der Waals surface area contributed by atoms with E-state index in [0.29, 0.717) is 28.8 Å². The molecule has 7 nitrogen and oxygen atoms in total. The second-order valence-electron chi connectivity index (χ2n) is 8.14. The minimum atomic E-state index is -0.665. The number of fused-ring (bicyclic) bond motifs is 2. The predicted molar refractivity (Wildman–Crippen MR) is 123 cm³/mol. The maximum atomic E-state index is 13.2. The third-order valence-corrected chi connectivity index (χ3v) is 6.12. The fraction of sp³-hybridized carbons (Fsp3) is 0.192. The van der Waals surface area contributed by atoms with E-state index in [1.807, 2.05) is 24.3 Å². The minimum Gasteiger partial charge on any atom is -0.497 e. The first kappa shape index (κ1) is 20.9. The Morgan fingerprint density at radius 1 is 1.15 bits per heavy atom. The van der Waals surface area contributed by atoms with Gasteiger partial charge in [0, 0.05) is 35.3 Å². The number of pyridine rings is 1. The second-order valence-corrected chi connectivity index (χ2v) is 8.14. The SMILES string of the molecule is COc1ccc(C(=O)c2cn(CC(=O)N[C@@H]3c4ccccc4C[C@H]3O)c3cnccc23)cc1. The summed E-state index contributed by atoms with van der Waals surface area (Å²) < 4.78 is 6.89. The van der Waals surface area contributed by atoms with Gasteiger partial charge in [0.25, 0.3) is 0 Å². The van der Waals surface area contributed by atoms with Crippen LogP contribution in [0, 0.1) is 0 Å². The lowest BCUT2D eigenvalue weighted by Gasteiger charge is -2.18. The maximum Gasteiger partial charge on any atom is 0.240 e. The highest BCUT2D eigenvalue weighted by molar-refractivity contribution is 6.16. The normalized spacial score (nSPS) is 17.0. The quantitative estimate of drug-likeness (QED) is 0.449. The molecule has 1 amide bonds. The number of amides is 1. The number of hydrogen-bond donors (Lipinski definition) is 2. The van der Waals surface area contributed by atoms with Gasteiger partial charge in [-0.1, -0.05) is 24.3 Å². The van der Waals surface area contributed by atoms with E-state index >= 15 is 0 Å². The van der Waals surface area contributed by atoms with Crippen LogP contribution in [0.15, 0.2) is 73.2 Å². The van der Waals surface area contributed by atoms with E-state index < -0.39 is 12.1 Å². The van der Waals surface area contributed by atoms with Gasteiger partial charge in [0.2, 0.25) is 5.91 Å². The molecule has 1 aliphatic carbocycles. The molecule has 2 aromatic carbocycles. The average Bonchev–Trinajstić information content (AvgIpc) is 3.36. The predicted octanol–water partition coefficient (Wildman–Crippen LogP) is 3.05. The van der Waals surface area contributed by atoms with Crippen molar-refractivity contribution in [2.24, 2.45) is 0 Å². The van der Waals surface area contributed by atoms with Gasteiger partial charge in [0.15, 0.2) is 5.78 Å². The summed E-state index contributed by atoms with van der Waals surface area (Å²) >= 11 is 0. The molecule has 7 heteroatoms. The summed E-state index contributed by atoms with van der Waals surface area (Å²) in [6, 6.07) is 16.0. The van der Waals surface area contributed by atoms with E-state index in [0.717, 1.165) is 16.5 Å². The van der Waals surface area contributed by atoms with Gasteiger partial charge in [-0.05, 0) is 41.5 Å². The Morgan fingerprint density at radius 2 is 1.94 bits per heavy atom. The molecule has 1 aliphatic rings. The number of aliphatic hydroxyl groups excluding tert-OH is 1. The van der Waals surface area contributed by atoms with Crippen LogP contribution in [0.1, 0.15) is 33.1 Å². The number of nitrogens with zero attached hydrogens (tertiary/aromatic N) is 2. The van der Waals surface area contributed by atoms with Crippen LogP contribution < -0.4 is 10.1 Å². The Labute approximate surface area is 190 Å². The largest absolute Gasteiger partial charge is 0.497 e. The molecular formula is C26H23N3O4. The summed E-state index contributed by atoms with van der Waals surface area (Å²) in [5.74, 6) is 0.277. The molecule has 0 saturated carbocycles. The number of aromatic nitrogens is 2. The number of carbonyl (C=O) groups excluding carboxylic acids is 2. The molecule has 0 fully saturated rings. The third kappa shape index (κ3) is 3.87. The Balaban J connectivity index is 1.41. The van der Waals surface area contributed by atoms with Crippen molar-refractivity contribution in [1.82, 2.24) is 14.9 Å². The van der Waals surface area contributed by atoms with Gasteiger partial charge < -0.3 is 19.7 Å². The first-order chi connectivity index (χ1) is 16.0. The van der Waals surface area contributed by atoms with Gasteiger partial charge in [0.05, 0.1) is 31.0 Å². The van der Waals surface area contributed by atoms with Gasteiger partial charge in [-0.25, -0.2) is 0 Å². The van der Waals surface area contributed by atoms with Crippen LogP contribution in [0.5, 0.6) is 5.75 Å². The number of carbonyl (C=O) groups is 2. The van der Waals surface area contributed by atoms with Gasteiger partial charge in [-0.3, -0.25) is 14.6 Å². The van der Waals surface area contributed by atoms with Crippen molar-refractivity contribution >= 4 is 22.6 Å². The van der Waals surface area contributed by atoms with E-state index in [2.05, 4.69) is 10.3 Å². The molecule has 0 radical (unpaired) electrons. The zero-order valence-corrected chi connectivity index (χ0v) is 18.1. The van der Waals surface area contributed by atoms with Crippen molar-refractivity contribution in [2.75, 3.05) is 7.11 Å². The van der Waals surface area contributed by atoms with Crippen molar-refractivity contribution < 1.29 is 19.4 Å². The Morgan fingerprint density at radius 3 is 2.73 bits per heavy atom. The number of aliphatic hydroxyl groups is 1. The number of hydrogen-bond acceptors (Lipinski definition) is 5. The molecule has 0 unspecified atom stereocenters. The lowest BCUT2D eigenvalue weighted by molar-refractivity contribution is -0.123. The summed E-state index contributed by atoms with van der Waals surface area (Å²) in [5.41, 5.74) is 3.70. The fourth-order valence-electron chi connectivity index (χ4n) is 4.47. The molecule has 5 rings (SSSR count). The van der Waals surface area contributed by atoms with Crippen LogP contribution in [0.25, 0.3) is 10.9 Å². The minimum absolute atomic E-state index is 0.00345. The Bertz CT molecular complexity index is 1340. The molecule has 4 aromatic rings. The second kappa shape index (κ2) is 8.52. The number of rotatable bonds is 6. The van der Waals surface area contributed by atoms with E-state index in [1.165, 1.54) is 0 Å². The summed E-state index contributed by atoms with van der Waals surface area (Å²) in [6.07, 6.45) is 4.81. The molecule has 2 N–H and O–H groups in total. The van der Waals surface area contributed by atoms with Crippen LogP contribution in [-0.2, 0) is 17.8 Å². The van der Waals surface area contributed by atoms with Gasteiger partial charge in [-0.2, -0.15) is 0 Å². The van der Waals surface area contributed by atoms with E-state index in [1.54, 1.807) is 60.6 Å². The van der Waals surface area contributed by atoms with Crippen LogP contribution in [0.4, 0.5) is 0 Å². The van der Waals surface area contributed by atoms with Crippen molar-refractivity contribution in [3.05, 3.63) is 95.4 Å². The molecule has 2 heterocycles. The lowest BCUT2D eigenvalue weighted by atomic mass is 10.0. The standard InChI is InChI=1S/C26H23N3O4/c1-33-18-8-6-16(7-9-18)26(32)21-14-29(22-13-27-11-10-20(21)22)15-24(31)28-25-19-5-3-2-4-17(19)12-23(25)30/h2-11,13-14,23,25,30H,12,15H2,1H3,(H,28,31)/t23-,25-/m1/s1. The number of ether oxygens (including phenoxy) is 1. The van der Waals surface area contributed by atoms with Gasteiger partial charge in [-0.15, -0.1) is 0 Å². The fourth-order valence-corrected chi connectivity index (χ4v) is 4.47. The Kier molecular flexibility index (Phi) is 5.40. The summed E-state index contributed by atoms with van der Waals surface area (Å²) in [6.45, 7) is 0.00345. The van der Waals surface area contributed by atoms with E-state index in [4.69, 9.17) is 4.74 Å². The average molecular weight is 441 g/mol. The van der Waals surface area contributed by atoms with E-state index in [-0.39, 0.29) is 18.2 Å². The zero-order chi connectivity index (χ0) is 22.9. The van der Waals surface area contributed by atoms with E-state index in [9.17, 15) is 14.7 Å². The number of nitrogens with one attached hydrogen (secondary N) is 1. The van der Waals surface area contributed by atoms with Crippen molar-refractivity contribution in [3.63, 3.8) is 0 Å². The van der Waals surface area contributed by atoms with Gasteiger partial charge in [0.1, 0.15) is 12.3 Å². The van der Waals surface area contributed by atoms with Crippen LogP contribution in [0.2, 0.25) is 0 Å². The lowest BCUT2D eigenvalue weighted by Crippen LogP contribution is -2.35. The van der Waals surface area contributed by atoms with Crippen molar-refractivity contribution in [3.8, 4) is 5.75 Å². The molecule has 0 spiro atoms. The molecule has 0 bridgehead atoms. The van der Waals surface area contributed by atoms with Crippen molar-refractivity contribution in [1.29, 1.82) is 0 Å². The topological polar surface area (TPSA) is 93.5 Å². The highest BCUT2D eigenvalue weighted by Crippen LogP contribution is 2.31. The molecule has 0 saturated heterocycles. The first-order valence-corrected chi connectivity index (χ1v) is 10.7. The highest BCUT2D eigenvalue weighted by Gasteiger charge is 2.32. The summed E-state index contributed by atoms with van der Waals surface area (Å²) in [5, 5.41) is 14.1. The molecular weight excluding hydrogens is 418 g/mol.